The Morgan fingerprint density at radius 1 is 1.17 bits per heavy atom. The number of oxazole rings is 1. The molecule has 0 aliphatic rings. The molecule has 0 aliphatic carbocycles. The number of benzene rings is 1. The largest absolute Gasteiger partial charge is 0.466 e. The van der Waals surface area contributed by atoms with Gasteiger partial charge in [-0.2, -0.15) is 4.98 Å². The number of hydrogen-bond acceptors (Lipinski definition) is 3. The zero-order valence-corrected chi connectivity index (χ0v) is 6.27. The van der Waals surface area contributed by atoms with Crippen LogP contribution in [0.3, 0.4) is 0 Å². The van der Waals surface area contributed by atoms with Crippen LogP contribution in [0.5, 0.6) is 6.08 Å². The second-order valence-electron chi connectivity index (χ2n) is 2.37. The van der Waals surface area contributed by atoms with Crippen LogP contribution >= 0.6 is 0 Å². The number of rotatable bonds is 1. The molecule has 1 aromatic carbocycles. The van der Waals surface area contributed by atoms with Crippen molar-refractivity contribution >= 4 is 0 Å². The summed E-state index contributed by atoms with van der Waals surface area (Å²) in [5.74, 6) is 0.577. The average molecular weight is 161 g/mol. The third-order valence-corrected chi connectivity index (χ3v) is 1.55. The molecule has 0 saturated heterocycles. The summed E-state index contributed by atoms with van der Waals surface area (Å²) in [6, 6.07) is 9.49. The van der Waals surface area contributed by atoms with Gasteiger partial charge in [0.25, 0.3) is 0 Å². The Morgan fingerprint density at radius 3 is 2.50 bits per heavy atom. The van der Waals surface area contributed by atoms with Crippen molar-refractivity contribution in [1.29, 1.82) is 0 Å². The van der Waals surface area contributed by atoms with Crippen molar-refractivity contribution in [3.05, 3.63) is 36.5 Å². The molecule has 0 fully saturated rings. The normalized spacial score (nSPS) is 10.0. The average Bonchev–Trinajstić information content (AvgIpc) is 2.54. The fraction of sp³-hybridized carbons (Fsp3) is 0. The van der Waals surface area contributed by atoms with Gasteiger partial charge in [0.1, 0.15) is 0 Å². The summed E-state index contributed by atoms with van der Waals surface area (Å²) in [5.41, 5.74) is 0.908. The number of aromatic hydroxyl groups is 1. The van der Waals surface area contributed by atoms with Gasteiger partial charge in [0, 0.05) is 5.56 Å². The minimum absolute atomic E-state index is 0.297. The van der Waals surface area contributed by atoms with Gasteiger partial charge in [-0.3, -0.25) is 0 Å². The van der Waals surface area contributed by atoms with Crippen molar-refractivity contribution in [2.24, 2.45) is 0 Å². The summed E-state index contributed by atoms with van der Waals surface area (Å²) in [5, 5.41) is 8.84. The van der Waals surface area contributed by atoms with Gasteiger partial charge in [-0.1, -0.05) is 30.3 Å². The highest BCUT2D eigenvalue weighted by Gasteiger charge is 2.02. The highest BCUT2D eigenvalue weighted by Crippen LogP contribution is 2.21. The zero-order valence-electron chi connectivity index (χ0n) is 6.27. The first-order valence-corrected chi connectivity index (χ1v) is 3.56. The van der Waals surface area contributed by atoms with Gasteiger partial charge in [0.05, 0.1) is 6.20 Å². The Bertz CT molecular complexity index is 367. The lowest BCUT2D eigenvalue weighted by atomic mass is 10.2. The van der Waals surface area contributed by atoms with E-state index in [1.807, 2.05) is 30.3 Å². The SMILES string of the molecule is Oc1ncc(-c2ccccc2)o1. The fourth-order valence-electron chi connectivity index (χ4n) is 1.00. The number of hydrogen-bond donors (Lipinski definition) is 1. The van der Waals surface area contributed by atoms with Crippen molar-refractivity contribution in [3.8, 4) is 17.4 Å². The second-order valence-corrected chi connectivity index (χ2v) is 2.37. The number of nitrogens with zero attached hydrogens (tertiary/aromatic N) is 1. The third-order valence-electron chi connectivity index (χ3n) is 1.55. The van der Waals surface area contributed by atoms with Crippen molar-refractivity contribution in [3.63, 3.8) is 0 Å². The van der Waals surface area contributed by atoms with Gasteiger partial charge in [-0.15, -0.1) is 0 Å². The van der Waals surface area contributed by atoms with Crippen LogP contribution in [0.15, 0.2) is 40.9 Å². The quantitative estimate of drug-likeness (QED) is 0.696. The number of aromatic nitrogens is 1. The van der Waals surface area contributed by atoms with Crippen LogP contribution in [0.25, 0.3) is 11.3 Å². The molecular formula is C9H7NO2. The van der Waals surface area contributed by atoms with E-state index in [0.29, 0.717) is 5.76 Å². The summed E-state index contributed by atoms with van der Waals surface area (Å²) in [4.78, 5) is 3.58. The molecule has 2 aromatic rings. The summed E-state index contributed by atoms with van der Waals surface area (Å²) in [6.07, 6.45) is 1.19. The highest BCUT2D eigenvalue weighted by atomic mass is 16.5. The van der Waals surface area contributed by atoms with Crippen LogP contribution < -0.4 is 0 Å². The molecule has 0 unspecified atom stereocenters. The van der Waals surface area contributed by atoms with Crippen molar-refractivity contribution in [2.45, 2.75) is 0 Å². The van der Waals surface area contributed by atoms with Crippen molar-refractivity contribution < 1.29 is 9.52 Å². The minimum atomic E-state index is -0.297. The van der Waals surface area contributed by atoms with Gasteiger partial charge in [0.15, 0.2) is 5.76 Å². The fourth-order valence-corrected chi connectivity index (χ4v) is 1.00. The minimum Gasteiger partial charge on any atom is -0.466 e. The van der Waals surface area contributed by atoms with E-state index in [1.165, 1.54) is 6.20 Å². The van der Waals surface area contributed by atoms with E-state index in [9.17, 15) is 0 Å². The molecule has 0 radical (unpaired) electrons. The summed E-state index contributed by atoms with van der Waals surface area (Å²) in [6.45, 7) is 0. The van der Waals surface area contributed by atoms with Crippen LogP contribution in [-0.2, 0) is 0 Å². The Labute approximate surface area is 69.3 Å². The first-order valence-electron chi connectivity index (χ1n) is 3.56. The van der Waals surface area contributed by atoms with Gasteiger partial charge < -0.3 is 9.52 Å². The van der Waals surface area contributed by atoms with Crippen molar-refractivity contribution in [2.75, 3.05) is 0 Å². The molecule has 2 rings (SSSR count). The molecule has 3 nitrogen and oxygen atoms in total. The van der Waals surface area contributed by atoms with Crippen LogP contribution in [0.1, 0.15) is 0 Å². The molecule has 0 saturated carbocycles. The Balaban J connectivity index is 2.45. The van der Waals surface area contributed by atoms with E-state index < -0.39 is 0 Å². The van der Waals surface area contributed by atoms with Crippen LogP contribution in [-0.4, -0.2) is 10.1 Å². The molecule has 3 heteroatoms. The molecule has 0 bridgehead atoms. The van der Waals surface area contributed by atoms with Crippen LogP contribution in [0.4, 0.5) is 0 Å². The first-order chi connectivity index (χ1) is 5.86. The van der Waals surface area contributed by atoms with Gasteiger partial charge in [0.2, 0.25) is 0 Å². The summed E-state index contributed by atoms with van der Waals surface area (Å²) in [7, 11) is 0. The van der Waals surface area contributed by atoms with Gasteiger partial charge in [-0.05, 0) is 0 Å². The molecule has 1 N–H and O–H groups in total. The maximum Gasteiger partial charge on any atom is 0.391 e. The van der Waals surface area contributed by atoms with E-state index in [4.69, 9.17) is 9.52 Å². The van der Waals surface area contributed by atoms with Gasteiger partial charge >= 0.3 is 6.08 Å². The van der Waals surface area contributed by atoms with Crippen molar-refractivity contribution in [1.82, 2.24) is 4.98 Å². The molecule has 0 atom stereocenters. The Kier molecular flexibility index (Phi) is 1.55. The van der Waals surface area contributed by atoms with Gasteiger partial charge in [-0.25, -0.2) is 0 Å². The van der Waals surface area contributed by atoms with E-state index in [2.05, 4.69) is 4.98 Å². The molecule has 0 amide bonds. The maximum absolute atomic E-state index is 8.84. The predicted molar refractivity (Wildman–Crippen MR) is 43.6 cm³/mol. The molecular weight excluding hydrogens is 154 g/mol. The molecule has 60 valence electrons. The summed E-state index contributed by atoms with van der Waals surface area (Å²) >= 11 is 0. The van der Waals surface area contributed by atoms with E-state index in [0.717, 1.165) is 5.56 Å². The van der Waals surface area contributed by atoms with E-state index in [-0.39, 0.29) is 6.08 Å². The monoisotopic (exact) mass is 161 g/mol. The lowest BCUT2D eigenvalue weighted by molar-refractivity contribution is 0.320. The molecule has 0 spiro atoms. The van der Waals surface area contributed by atoms with Crippen LogP contribution in [0, 0.1) is 0 Å². The second kappa shape index (κ2) is 2.70. The standard InChI is InChI=1S/C9H7NO2/c11-9-10-6-8(12-9)7-4-2-1-3-5-7/h1-6H,(H,10,11). The maximum atomic E-state index is 8.84. The highest BCUT2D eigenvalue weighted by molar-refractivity contribution is 5.55. The smallest absolute Gasteiger partial charge is 0.391 e. The van der Waals surface area contributed by atoms with E-state index in [1.54, 1.807) is 0 Å². The molecule has 12 heavy (non-hydrogen) atoms. The lowest BCUT2D eigenvalue weighted by Crippen LogP contribution is -1.69. The zero-order chi connectivity index (χ0) is 8.39. The molecule has 1 heterocycles. The first kappa shape index (κ1) is 6.91. The summed E-state index contributed by atoms with van der Waals surface area (Å²) < 4.78 is 4.91. The Hall–Kier alpha value is -1.77. The molecule has 0 aliphatic heterocycles. The van der Waals surface area contributed by atoms with Crippen LogP contribution in [0.2, 0.25) is 0 Å². The Morgan fingerprint density at radius 2 is 1.92 bits per heavy atom. The van der Waals surface area contributed by atoms with E-state index >= 15 is 0 Å². The third kappa shape index (κ3) is 1.16. The molecule has 1 aromatic heterocycles. The predicted octanol–water partition coefficient (Wildman–Crippen LogP) is 2.05. The lowest BCUT2D eigenvalue weighted by Gasteiger charge is -1.91. The topological polar surface area (TPSA) is 46.3 Å².